The molecule has 139 valence electrons. The monoisotopic (exact) mass is 398 g/mol. The number of aliphatic imine (C=N–C) groups is 1. The predicted octanol–water partition coefficient (Wildman–Crippen LogP) is 3.20. The molecule has 2 aromatic carbocycles. The summed E-state index contributed by atoms with van der Waals surface area (Å²) in [6.45, 7) is 5.23. The number of aliphatic hydroxyl groups is 1. The number of rotatable bonds is 3. The summed E-state index contributed by atoms with van der Waals surface area (Å²) in [4.78, 5) is 14.8. The summed E-state index contributed by atoms with van der Waals surface area (Å²) in [6.07, 6.45) is 1.36. The minimum absolute atomic E-state index is 0.0298. The van der Waals surface area contributed by atoms with E-state index in [4.69, 9.17) is 13.9 Å². The van der Waals surface area contributed by atoms with Gasteiger partial charge in [-0.25, -0.2) is 4.79 Å². The second-order valence-corrected chi connectivity index (χ2v) is 6.00. The van der Waals surface area contributed by atoms with Crippen LogP contribution >= 0.6 is 0 Å². The van der Waals surface area contributed by atoms with E-state index in [9.17, 15) is 15.0 Å². The number of hydrogen-bond acceptors (Lipinski definition) is 6. The van der Waals surface area contributed by atoms with Crippen molar-refractivity contribution in [1.29, 1.82) is 0 Å². The average Bonchev–Trinajstić information content (AvgIpc) is 2.55. The Morgan fingerprint density at radius 2 is 1.58 bits per heavy atom. The fourth-order valence-electron chi connectivity index (χ4n) is 1.50. The SMILES string of the molecule is CC(C)(C)O.O=C(O)c1ccc(O)c(N=Cc2ccccc2O)c1.[O]=[V]. The van der Waals surface area contributed by atoms with E-state index in [2.05, 4.69) is 4.99 Å². The Labute approximate surface area is 160 Å². The van der Waals surface area contributed by atoms with Crippen molar-refractivity contribution in [3.8, 4) is 11.5 Å². The summed E-state index contributed by atoms with van der Waals surface area (Å²) >= 11 is 1.06. The van der Waals surface area contributed by atoms with Crippen molar-refractivity contribution in [1.82, 2.24) is 0 Å². The van der Waals surface area contributed by atoms with Crippen LogP contribution in [0.5, 0.6) is 11.5 Å². The first-order valence-electron chi connectivity index (χ1n) is 7.37. The normalized spacial score (nSPS) is 10.3. The van der Waals surface area contributed by atoms with Gasteiger partial charge in [-0.05, 0) is 51.1 Å². The molecular weight excluding hydrogens is 377 g/mol. The number of hydrogen-bond donors (Lipinski definition) is 4. The number of aromatic hydroxyl groups is 2. The third kappa shape index (κ3) is 9.73. The zero-order valence-electron chi connectivity index (χ0n) is 14.6. The summed E-state index contributed by atoms with van der Waals surface area (Å²) in [5, 5.41) is 36.5. The molecule has 0 radical (unpaired) electrons. The first-order valence-corrected chi connectivity index (χ1v) is 7.94. The molecule has 2 rings (SSSR count). The van der Waals surface area contributed by atoms with Crippen LogP contribution in [0.2, 0.25) is 0 Å². The topological polar surface area (TPSA) is 127 Å². The van der Waals surface area contributed by atoms with Crippen LogP contribution in [-0.2, 0) is 21.0 Å². The number of phenolic OH excluding ortho intramolecular Hbond substituents is 2. The van der Waals surface area contributed by atoms with Crippen LogP contribution in [0.3, 0.4) is 0 Å². The van der Waals surface area contributed by atoms with Gasteiger partial charge in [0.15, 0.2) is 0 Å². The molecule has 2 aromatic rings. The number of para-hydroxylation sites is 1. The van der Waals surface area contributed by atoms with Crippen LogP contribution in [0, 0.1) is 0 Å². The van der Waals surface area contributed by atoms with Crippen LogP contribution in [0.4, 0.5) is 5.69 Å². The van der Waals surface area contributed by atoms with Crippen molar-refractivity contribution in [2.24, 2.45) is 4.99 Å². The molecule has 0 spiro atoms. The van der Waals surface area contributed by atoms with Crippen molar-refractivity contribution in [3.63, 3.8) is 0 Å². The maximum absolute atomic E-state index is 10.8. The Morgan fingerprint density at radius 3 is 2.08 bits per heavy atom. The molecule has 8 heteroatoms. The van der Waals surface area contributed by atoms with Gasteiger partial charge in [-0.15, -0.1) is 0 Å². The van der Waals surface area contributed by atoms with Crippen LogP contribution < -0.4 is 0 Å². The molecule has 0 aliphatic rings. The second-order valence-electron chi connectivity index (χ2n) is 6.00. The van der Waals surface area contributed by atoms with E-state index in [-0.39, 0.29) is 22.7 Å². The third-order valence-electron chi connectivity index (χ3n) is 2.50. The molecule has 0 heterocycles. The molecule has 0 bridgehead atoms. The number of carboxylic acids is 1. The van der Waals surface area contributed by atoms with Crippen molar-refractivity contribution >= 4 is 17.9 Å². The van der Waals surface area contributed by atoms with Gasteiger partial charge >= 0.3 is 27.0 Å². The molecule has 26 heavy (non-hydrogen) atoms. The van der Waals surface area contributed by atoms with Crippen LogP contribution in [0.1, 0.15) is 36.7 Å². The number of carboxylic acid groups (broad SMARTS) is 1. The van der Waals surface area contributed by atoms with E-state index in [1.54, 1.807) is 39.0 Å². The second kappa shape index (κ2) is 11.2. The molecule has 0 fully saturated rings. The summed E-state index contributed by atoms with van der Waals surface area (Å²) in [5.41, 5.74) is 0.132. The Morgan fingerprint density at radius 1 is 1.04 bits per heavy atom. The van der Waals surface area contributed by atoms with Crippen LogP contribution in [-0.4, -0.2) is 38.2 Å². The predicted molar refractivity (Wildman–Crippen MR) is 93.1 cm³/mol. The summed E-state index contributed by atoms with van der Waals surface area (Å²) in [5.74, 6) is -1.17. The quantitative estimate of drug-likeness (QED) is 0.588. The zero-order chi connectivity index (χ0) is 20.3. The van der Waals surface area contributed by atoms with Gasteiger partial charge in [-0.1, -0.05) is 12.1 Å². The molecular formula is C18H21NO6V. The molecule has 0 aliphatic heterocycles. The van der Waals surface area contributed by atoms with E-state index >= 15 is 0 Å². The van der Waals surface area contributed by atoms with Crippen molar-refractivity contribution in [2.75, 3.05) is 0 Å². The molecule has 0 aromatic heterocycles. The van der Waals surface area contributed by atoms with Gasteiger partial charge in [-0.3, -0.25) is 4.99 Å². The molecule has 7 nitrogen and oxygen atoms in total. The first-order chi connectivity index (χ1) is 12.1. The molecule has 0 saturated heterocycles. The van der Waals surface area contributed by atoms with E-state index in [0.717, 1.165) is 17.4 Å². The molecule has 0 amide bonds. The molecule has 0 aliphatic carbocycles. The fraction of sp³-hybridized carbons (Fsp3) is 0.222. The van der Waals surface area contributed by atoms with Gasteiger partial charge in [0, 0.05) is 11.8 Å². The molecule has 0 unspecified atom stereocenters. The minimum atomic E-state index is -1.10. The summed E-state index contributed by atoms with van der Waals surface area (Å²) in [6, 6.07) is 10.4. The fourth-order valence-corrected chi connectivity index (χ4v) is 1.50. The van der Waals surface area contributed by atoms with Gasteiger partial charge in [0.25, 0.3) is 0 Å². The number of benzene rings is 2. The Hall–Kier alpha value is -2.48. The summed E-state index contributed by atoms with van der Waals surface area (Å²) < 4.78 is 8.19. The number of nitrogens with zero attached hydrogens (tertiary/aromatic N) is 1. The molecule has 0 saturated carbocycles. The average molecular weight is 398 g/mol. The summed E-state index contributed by atoms with van der Waals surface area (Å²) in [7, 11) is 0. The Kier molecular flexibility index (Phi) is 10.1. The van der Waals surface area contributed by atoms with E-state index in [0.29, 0.717) is 5.56 Å². The van der Waals surface area contributed by atoms with E-state index in [1.165, 1.54) is 30.5 Å². The van der Waals surface area contributed by atoms with Gasteiger partial charge in [-0.2, -0.15) is 0 Å². The van der Waals surface area contributed by atoms with Gasteiger partial charge in [0.1, 0.15) is 17.2 Å². The molecule has 4 N–H and O–H groups in total. The zero-order valence-corrected chi connectivity index (χ0v) is 16.0. The van der Waals surface area contributed by atoms with Crippen LogP contribution in [0.25, 0.3) is 0 Å². The van der Waals surface area contributed by atoms with Crippen LogP contribution in [0.15, 0.2) is 47.5 Å². The van der Waals surface area contributed by atoms with Gasteiger partial charge in [0.05, 0.1) is 11.2 Å². The Bertz CT molecular complexity index is 750. The number of phenols is 2. The molecule has 0 atom stereocenters. The standard InChI is InChI=1S/C14H11NO4.C4H10O.O.V/c16-12-4-2-1-3-10(12)8-15-11-7-9(14(18)19)5-6-13(11)17;1-4(2,3)5;;/h1-8,16-17H,(H,18,19);5H,1-3H3;;. The van der Waals surface area contributed by atoms with Crippen molar-refractivity contribution < 1.29 is 46.3 Å². The maximum atomic E-state index is 10.8. The number of aromatic carboxylic acids is 1. The first kappa shape index (κ1) is 23.5. The van der Waals surface area contributed by atoms with Crippen molar-refractivity contribution in [3.05, 3.63) is 53.6 Å². The van der Waals surface area contributed by atoms with Gasteiger partial charge < -0.3 is 20.4 Å². The third-order valence-corrected chi connectivity index (χ3v) is 2.50. The van der Waals surface area contributed by atoms with Gasteiger partial charge in [0.2, 0.25) is 0 Å². The van der Waals surface area contributed by atoms with E-state index in [1.807, 2.05) is 0 Å². The Balaban J connectivity index is 0.000000772. The number of carbonyl (C=O) groups is 1. The van der Waals surface area contributed by atoms with Crippen molar-refractivity contribution in [2.45, 2.75) is 26.4 Å². The van der Waals surface area contributed by atoms with E-state index < -0.39 is 11.6 Å².